The molecule has 0 aliphatic carbocycles. The lowest BCUT2D eigenvalue weighted by Crippen LogP contribution is -2.00. The molecule has 0 spiro atoms. The lowest BCUT2D eigenvalue weighted by Gasteiger charge is -2.11. The molecular weight excluding hydrogens is 376 g/mol. The highest BCUT2D eigenvalue weighted by atomic mass is 79.9. The van der Waals surface area contributed by atoms with Crippen LogP contribution in [0.15, 0.2) is 53.0 Å². The molecule has 1 aromatic heterocycles. The van der Waals surface area contributed by atoms with Gasteiger partial charge in [-0.15, -0.1) is 0 Å². The van der Waals surface area contributed by atoms with Crippen LogP contribution in [-0.4, -0.2) is 4.98 Å². The molecule has 3 nitrogen and oxygen atoms in total. The van der Waals surface area contributed by atoms with Gasteiger partial charge in [0, 0.05) is 21.2 Å². The number of benzene rings is 2. The highest BCUT2D eigenvalue weighted by Gasteiger charge is 2.16. The molecule has 3 rings (SSSR count). The van der Waals surface area contributed by atoms with Gasteiger partial charge in [-0.2, -0.15) is 5.26 Å². The van der Waals surface area contributed by atoms with Gasteiger partial charge in [0.05, 0.1) is 5.69 Å². The van der Waals surface area contributed by atoms with Gasteiger partial charge in [0.1, 0.15) is 29.1 Å². The van der Waals surface area contributed by atoms with Crippen LogP contribution in [0.25, 0.3) is 22.4 Å². The minimum atomic E-state index is -0.495. The van der Waals surface area contributed by atoms with Crippen LogP contribution in [0.3, 0.4) is 0 Å². The second kappa shape index (κ2) is 6.38. The molecule has 2 N–H and O–H groups in total. The summed E-state index contributed by atoms with van der Waals surface area (Å²) in [5.74, 6) is -0.952. The molecule has 0 aliphatic rings. The number of nitrogens with two attached hydrogens (primary N) is 1. The molecule has 0 bridgehead atoms. The number of aromatic nitrogens is 1. The van der Waals surface area contributed by atoms with Crippen molar-refractivity contribution >= 4 is 21.7 Å². The predicted octanol–water partition coefficient (Wildman–Crippen LogP) is 4.91. The van der Waals surface area contributed by atoms with Gasteiger partial charge in [-0.05, 0) is 36.4 Å². The Morgan fingerprint density at radius 2 is 1.83 bits per heavy atom. The van der Waals surface area contributed by atoms with Crippen LogP contribution < -0.4 is 5.73 Å². The van der Waals surface area contributed by atoms with E-state index in [0.717, 1.165) is 0 Å². The molecule has 0 amide bonds. The van der Waals surface area contributed by atoms with E-state index in [1.807, 2.05) is 6.07 Å². The van der Waals surface area contributed by atoms with Gasteiger partial charge in [-0.1, -0.05) is 28.1 Å². The molecule has 0 saturated heterocycles. The SMILES string of the molecule is N#Cc1c(-c2cc(Br)ccc2F)cc(-c2cccc(F)c2)nc1N. The van der Waals surface area contributed by atoms with E-state index in [0.29, 0.717) is 21.3 Å². The Labute approximate surface area is 145 Å². The van der Waals surface area contributed by atoms with Gasteiger partial charge in [-0.25, -0.2) is 13.8 Å². The van der Waals surface area contributed by atoms with Crippen LogP contribution in [0.2, 0.25) is 0 Å². The van der Waals surface area contributed by atoms with Crippen molar-refractivity contribution in [1.82, 2.24) is 4.98 Å². The highest BCUT2D eigenvalue weighted by Crippen LogP contribution is 2.34. The highest BCUT2D eigenvalue weighted by molar-refractivity contribution is 9.10. The minimum absolute atomic E-state index is 0.0337. The molecule has 6 heteroatoms. The van der Waals surface area contributed by atoms with Crippen LogP contribution >= 0.6 is 15.9 Å². The van der Waals surface area contributed by atoms with Crippen LogP contribution in [0.1, 0.15) is 5.56 Å². The van der Waals surface area contributed by atoms with Crippen molar-refractivity contribution in [1.29, 1.82) is 5.26 Å². The summed E-state index contributed by atoms with van der Waals surface area (Å²) in [6.07, 6.45) is 0. The van der Waals surface area contributed by atoms with Crippen molar-refractivity contribution in [2.45, 2.75) is 0 Å². The van der Waals surface area contributed by atoms with Gasteiger partial charge in [0.15, 0.2) is 0 Å². The third-order valence-corrected chi connectivity index (χ3v) is 3.99. The number of nitriles is 1. The van der Waals surface area contributed by atoms with Crippen LogP contribution in [0.4, 0.5) is 14.6 Å². The van der Waals surface area contributed by atoms with Gasteiger partial charge in [0.2, 0.25) is 0 Å². The van der Waals surface area contributed by atoms with E-state index in [9.17, 15) is 14.0 Å². The van der Waals surface area contributed by atoms with Crippen molar-refractivity contribution in [3.63, 3.8) is 0 Å². The lowest BCUT2D eigenvalue weighted by molar-refractivity contribution is 0.628. The Hall–Kier alpha value is -2.78. The Bertz CT molecular complexity index is 980. The molecule has 24 heavy (non-hydrogen) atoms. The number of pyridine rings is 1. The fraction of sp³-hybridized carbons (Fsp3) is 0. The first-order valence-electron chi connectivity index (χ1n) is 6.91. The standard InChI is InChI=1S/C18H10BrF2N3/c19-11-4-5-16(21)14(7-11)13-8-17(24-18(23)15(13)9-22)10-2-1-3-12(20)6-10/h1-8H,(H2,23,24). The van der Waals surface area contributed by atoms with E-state index in [2.05, 4.69) is 20.9 Å². The summed E-state index contributed by atoms with van der Waals surface area (Å²) in [5, 5.41) is 9.36. The van der Waals surface area contributed by atoms with E-state index in [-0.39, 0.29) is 16.9 Å². The number of rotatable bonds is 2. The molecule has 0 radical (unpaired) electrons. The first kappa shape index (κ1) is 16.1. The van der Waals surface area contributed by atoms with Crippen molar-refractivity contribution in [3.05, 3.63) is 70.2 Å². The number of nitrogen functional groups attached to an aromatic ring is 1. The Morgan fingerprint density at radius 3 is 2.54 bits per heavy atom. The first-order chi connectivity index (χ1) is 11.5. The maximum atomic E-state index is 14.3. The van der Waals surface area contributed by atoms with E-state index >= 15 is 0 Å². The summed E-state index contributed by atoms with van der Waals surface area (Å²) in [5.41, 5.74) is 7.32. The number of halogens is 3. The normalized spacial score (nSPS) is 10.4. The largest absolute Gasteiger partial charge is 0.383 e. The monoisotopic (exact) mass is 385 g/mol. The zero-order valence-corrected chi connectivity index (χ0v) is 13.8. The molecule has 0 unspecified atom stereocenters. The summed E-state index contributed by atoms with van der Waals surface area (Å²) >= 11 is 3.29. The summed E-state index contributed by atoms with van der Waals surface area (Å²) < 4.78 is 28.4. The zero-order chi connectivity index (χ0) is 17.3. The number of nitrogens with zero attached hydrogens (tertiary/aromatic N) is 2. The molecule has 0 saturated carbocycles. The first-order valence-corrected chi connectivity index (χ1v) is 7.71. The maximum absolute atomic E-state index is 14.3. The fourth-order valence-corrected chi connectivity index (χ4v) is 2.76. The fourth-order valence-electron chi connectivity index (χ4n) is 2.39. The van der Waals surface area contributed by atoms with Gasteiger partial charge in [0.25, 0.3) is 0 Å². The van der Waals surface area contributed by atoms with E-state index in [4.69, 9.17) is 5.73 Å². The van der Waals surface area contributed by atoms with E-state index < -0.39 is 11.6 Å². The van der Waals surface area contributed by atoms with Crippen LogP contribution in [-0.2, 0) is 0 Å². The summed E-state index contributed by atoms with van der Waals surface area (Å²) in [7, 11) is 0. The quantitative estimate of drug-likeness (QED) is 0.681. The van der Waals surface area contributed by atoms with Crippen molar-refractivity contribution in [2.24, 2.45) is 0 Å². The summed E-state index contributed by atoms with van der Waals surface area (Å²) in [4.78, 5) is 4.15. The van der Waals surface area contributed by atoms with Crippen molar-refractivity contribution < 1.29 is 8.78 Å². The lowest BCUT2D eigenvalue weighted by atomic mass is 9.98. The predicted molar refractivity (Wildman–Crippen MR) is 91.9 cm³/mol. The summed E-state index contributed by atoms with van der Waals surface area (Å²) in [6, 6.07) is 13.7. The van der Waals surface area contributed by atoms with Gasteiger partial charge < -0.3 is 5.73 Å². The molecular formula is C18H10BrF2N3. The maximum Gasteiger partial charge on any atom is 0.142 e. The third-order valence-electron chi connectivity index (χ3n) is 3.50. The van der Waals surface area contributed by atoms with Crippen molar-refractivity contribution in [2.75, 3.05) is 5.73 Å². The Balaban J connectivity index is 2.29. The molecule has 3 aromatic rings. The average Bonchev–Trinajstić information content (AvgIpc) is 2.56. The van der Waals surface area contributed by atoms with Crippen molar-refractivity contribution in [3.8, 4) is 28.5 Å². The Kier molecular flexibility index (Phi) is 4.28. The van der Waals surface area contributed by atoms with Gasteiger partial charge >= 0.3 is 0 Å². The number of anilines is 1. The number of hydrogen-bond acceptors (Lipinski definition) is 3. The third kappa shape index (κ3) is 2.99. The van der Waals surface area contributed by atoms with Crippen LogP contribution in [0.5, 0.6) is 0 Å². The molecule has 0 fully saturated rings. The smallest absolute Gasteiger partial charge is 0.142 e. The number of hydrogen-bond donors (Lipinski definition) is 1. The minimum Gasteiger partial charge on any atom is -0.383 e. The second-order valence-corrected chi connectivity index (χ2v) is 5.98. The van der Waals surface area contributed by atoms with E-state index in [1.165, 1.54) is 24.3 Å². The average molecular weight is 386 g/mol. The zero-order valence-electron chi connectivity index (χ0n) is 12.2. The topological polar surface area (TPSA) is 62.7 Å². The molecule has 2 aromatic carbocycles. The Morgan fingerprint density at radius 1 is 1.04 bits per heavy atom. The van der Waals surface area contributed by atoms with Gasteiger partial charge in [-0.3, -0.25) is 0 Å². The molecule has 118 valence electrons. The molecule has 1 heterocycles. The van der Waals surface area contributed by atoms with E-state index in [1.54, 1.807) is 24.3 Å². The second-order valence-electron chi connectivity index (χ2n) is 5.06. The summed E-state index contributed by atoms with van der Waals surface area (Å²) in [6.45, 7) is 0. The van der Waals surface area contributed by atoms with Crippen LogP contribution in [0, 0.1) is 23.0 Å². The molecule has 0 atom stereocenters. The molecule has 0 aliphatic heterocycles.